The van der Waals surface area contributed by atoms with Crippen LogP contribution in [0.25, 0.3) is 22.6 Å². The molecule has 0 fully saturated rings. The first-order valence-electron chi connectivity index (χ1n) is 7.12. The number of carboxylic acid groups (broad SMARTS) is 1. The molecule has 0 bridgehead atoms. The third-order valence-electron chi connectivity index (χ3n) is 3.44. The molecule has 0 aliphatic heterocycles. The monoisotopic (exact) mass is 335 g/mol. The number of aromatic carboxylic acids is 1. The van der Waals surface area contributed by atoms with E-state index in [0.29, 0.717) is 15.6 Å². The number of benzene rings is 1. The molecule has 3 aromatic rings. The molecule has 0 aliphatic carbocycles. The van der Waals surface area contributed by atoms with Gasteiger partial charge in [-0.3, -0.25) is 0 Å². The lowest BCUT2D eigenvalue weighted by molar-refractivity contribution is 0.0692. The molecule has 1 aromatic carbocycles. The van der Waals surface area contributed by atoms with Gasteiger partial charge in [-0.1, -0.05) is 36.4 Å². The summed E-state index contributed by atoms with van der Waals surface area (Å²) in [6, 6.07) is 13.2. The Bertz CT molecular complexity index is 962. The fourth-order valence-corrected chi connectivity index (χ4v) is 3.26. The van der Waals surface area contributed by atoms with E-state index in [4.69, 9.17) is 5.26 Å². The zero-order valence-electron chi connectivity index (χ0n) is 12.8. The number of nitriles is 1. The smallest absolute Gasteiger partial charge is 0.356 e. The zero-order valence-corrected chi connectivity index (χ0v) is 13.6. The summed E-state index contributed by atoms with van der Waals surface area (Å²) in [6.07, 6.45) is 5.42. The highest BCUT2D eigenvalue weighted by molar-refractivity contribution is 7.16. The van der Waals surface area contributed by atoms with Crippen LogP contribution in [0.4, 0.5) is 0 Å². The predicted octanol–water partition coefficient (Wildman–Crippen LogP) is 3.89. The molecular formula is C18H13N3O2S. The fraction of sp³-hybridized carbons (Fsp3) is 0.0556. The maximum atomic E-state index is 11.5. The molecule has 0 saturated carbocycles. The topological polar surface area (TPSA) is 78.9 Å². The second-order valence-corrected chi connectivity index (χ2v) is 6.15. The minimum absolute atomic E-state index is 0.0524. The standard InChI is InChI=1S/C18H13N3O2S/c1-21-11-12(9-14(21)10-19)7-8-15-20-16(18(22)23)17(24-15)13-5-3-2-4-6-13/h2-9,11H,1H3,(H,22,23)/b8-7+. The van der Waals surface area contributed by atoms with Crippen LogP contribution >= 0.6 is 11.3 Å². The highest BCUT2D eigenvalue weighted by Gasteiger charge is 2.17. The number of hydrogen-bond donors (Lipinski definition) is 1. The molecule has 0 radical (unpaired) electrons. The van der Waals surface area contributed by atoms with Crippen molar-refractivity contribution >= 4 is 29.5 Å². The van der Waals surface area contributed by atoms with Gasteiger partial charge in [-0.2, -0.15) is 5.26 Å². The van der Waals surface area contributed by atoms with E-state index in [-0.39, 0.29) is 5.69 Å². The molecule has 5 nitrogen and oxygen atoms in total. The fourth-order valence-electron chi connectivity index (χ4n) is 2.30. The van der Waals surface area contributed by atoms with Gasteiger partial charge >= 0.3 is 5.97 Å². The summed E-state index contributed by atoms with van der Waals surface area (Å²) < 4.78 is 1.74. The van der Waals surface area contributed by atoms with Crippen molar-refractivity contribution in [3.8, 4) is 16.5 Å². The lowest BCUT2D eigenvalue weighted by Gasteiger charge is -1.97. The minimum Gasteiger partial charge on any atom is -0.476 e. The van der Waals surface area contributed by atoms with Crippen molar-refractivity contribution in [2.45, 2.75) is 0 Å². The minimum atomic E-state index is -1.05. The molecule has 2 heterocycles. The Morgan fingerprint density at radius 2 is 2.08 bits per heavy atom. The molecule has 0 unspecified atom stereocenters. The van der Waals surface area contributed by atoms with Gasteiger partial charge in [0.25, 0.3) is 0 Å². The van der Waals surface area contributed by atoms with Crippen molar-refractivity contribution in [3.63, 3.8) is 0 Å². The van der Waals surface area contributed by atoms with Crippen LogP contribution in [-0.4, -0.2) is 20.6 Å². The van der Waals surface area contributed by atoms with Crippen molar-refractivity contribution in [2.75, 3.05) is 0 Å². The van der Waals surface area contributed by atoms with Crippen LogP contribution in [0.1, 0.15) is 26.8 Å². The third kappa shape index (κ3) is 3.12. The van der Waals surface area contributed by atoms with E-state index in [9.17, 15) is 9.90 Å². The molecule has 3 rings (SSSR count). The Morgan fingerprint density at radius 3 is 2.71 bits per heavy atom. The second kappa shape index (κ2) is 6.52. The highest BCUT2D eigenvalue weighted by Crippen LogP contribution is 2.31. The van der Waals surface area contributed by atoms with Gasteiger partial charge in [0.2, 0.25) is 0 Å². The molecular weight excluding hydrogens is 322 g/mol. The van der Waals surface area contributed by atoms with Gasteiger partial charge < -0.3 is 9.67 Å². The van der Waals surface area contributed by atoms with Gasteiger partial charge in [-0.25, -0.2) is 9.78 Å². The van der Waals surface area contributed by atoms with Crippen LogP contribution in [0.3, 0.4) is 0 Å². The molecule has 0 aliphatic rings. The van der Waals surface area contributed by atoms with Crippen LogP contribution in [0.15, 0.2) is 42.6 Å². The summed E-state index contributed by atoms with van der Waals surface area (Å²) in [5.41, 5.74) is 2.31. The summed E-state index contributed by atoms with van der Waals surface area (Å²) in [7, 11) is 1.80. The maximum absolute atomic E-state index is 11.5. The number of rotatable bonds is 4. The Kier molecular flexibility index (Phi) is 4.27. The Hall–Kier alpha value is -3.17. The zero-order chi connectivity index (χ0) is 17.1. The van der Waals surface area contributed by atoms with Crippen molar-refractivity contribution in [1.29, 1.82) is 5.26 Å². The molecule has 1 N–H and O–H groups in total. The van der Waals surface area contributed by atoms with Crippen LogP contribution in [0, 0.1) is 11.3 Å². The molecule has 0 amide bonds. The molecule has 0 spiro atoms. The first-order valence-corrected chi connectivity index (χ1v) is 7.94. The number of carbonyl (C=O) groups is 1. The van der Waals surface area contributed by atoms with E-state index >= 15 is 0 Å². The molecule has 118 valence electrons. The van der Waals surface area contributed by atoms with Gasteiger partial charge in [0.05, 0.1) is 4.88 Å². The Balaban J connectivity index is 1.96. The van der Waals surface area contributed by atoms with Gasteiger partial charge in [-0.15, -0.1) is 11.3 Å². The van der Waals surface area contributed by atoms with Gasteiger partial charge in [0.1, 0.15) is 16.8 Å². The summed E-state index contributed by atoms with van der Waals surface area (Å²) in [4.78, 5) is 16.3. The largest absolute Gasteiger partial charge is 0.476 e. The quantitative estimate of drug-likeness (QED) is 0.784. The van der Waals surface area contributed by atoms with E-state index < -0.39 is 5.97 Å². The Labute approximate surface area is 142 Å². The van der Waals surface area contributed by atoms with Crippen LogP contribution in [0.2, 0.25) is 0 Å². The van der Waals surface area contributed by atoms with E-state index in [0.717, 1.165) is 11.1 Å². The Morgan fingerprint density at radius 1 is 1.33 bits per heavy atom. The van der Waals surface area contributed by atoms with Crippen LogP contribution in [0.5, 0.6) is 0 Å². The lowest BCUT2D eigenvalue weighted by Crippen LogP contribution is -1.98. The number of hydrogen-bond acceptors (Lipinski definition) is 4. The van der Waals surface area contributed by atoms with E-state index in [2.05, 4.69) is 11.1 Å². The SMILES string of the molecule is Cn1cc(/C=C/c2nc(C(=O)O)c(-c3ccccc3)s2)cc1C#N. The molecule has 6 heteroatoms. The maximum Gasteiger partial charge on any atom is 0.356 e. The summed E-state index contributed by atoms with van der Waals surface area (Å²) in [5, 5.41) is 19.0. The van der Waals surface area contributed by atoms with Crippen molar-refractivity contribution in [2.24, 2.45) is 7.05 Å². The predicted molar refractivity (Wildman–Crippen MR) is 93.6 cm³/mol. The number of aromatic nitrogens is 2. The van der Waals surface area contributed by atoms with Gasteiger partial charge in [-0.05, 0) is 23.3 Å². The first-order chi connectivity index (χ1) is 11.6. The number of thiazole rings is 1. The molecule has 24 heavy (non-hydrogen) atoms. The lowest BCUT2D eigenvalue weighted by atomic mass is 10.1. The van der Waals surface area contributed by atoms with E-state index in [1.807, 2.05) is 42.6 Å². The van der Waals surface area contributed by atoms with Crippen molar-refractivity contribution in [3.05, 3.63) is 64.6 Å². The summed E-state index contributed by atoms with van der Waals surface area (Å²) in [5.74, 6) is -1.05. The normalized spacial score (nSPS) is 10.8. The molecule has 0 atom stereocenters. The first kappa shape index (κ1) is 15.7. The number of carboxylic acids is 1. The molecule has 0 saturated heterocycles. The summed E-state index contributed by atoms with van der Waals surface area (Å²) in [6.45, 7) is 0. The third-order valence-corrected chi connectivity index (χ3v) is 4.51. The highest BCUT2D eigenvalue weighted by atomic mass is 32.1. The average molecular weight is 335 g/mol. The number of nitrogens with zero attached hydrogens (tertiary/aromatic N) is 3. The molecule has 2 aromatic heterocycles. The van der Waals surface area contributed by atoms with E-state index in [1.54, 1.807) is 23.8 Å². The van der Waals surface area contributed by atoms with Gasteiger partial charge in [0.15, 0.2) is 5.69 Å². The number of aryl methyl sites for hydroxylation is 1. The van der Waals surface area contributed by atoms with Crippen LogP contribution in [-0.2, 0) is 7.05 Å². The second-order valence-electron chi connectivity index (χ2n) is 5.12. The van der Waals surface area contributed by atoms with Crippen molar-refractivity contribution in [1.82, 2.24) is 9.55 Å². The van der Waals surface area contributed by atoms with Crippen LogP contribution < -0.4 is 0 Å². The summed E-state index contributed by atoms with van der Waals surface area (Å²) >= 11 is 1.33. The van der Waals surface area contributed by atoms with Crippen molar-refractivity contribution < 1.29 is 9.90 Å². The average Bonchev–Trinajstić information content (AvgIpc) is 3.17. The van der Waals surface area contributed by atoms with E-state index in [1.165, 1.54) is 11.3 Å². The van der Waals surface area contributed by atoms with Gasteiger partial charge in [0, 0.05) is 13.2 Å².